The molecule has 0 amide bonds. The Morgan fingerprint density at radius 1 is 1.17 bits per heavy atom. The summed E-state index contributed by atoms with van der Waals surface area (Å²) in [6.07, 6.45) is 3.57. The molecule has 2 aromatic rings. The number of anilines is 2. The highest BCUT2D eigenvalue weighted by Gasteiger charge is 2.24. The van der Waals surface area contributed by atoms with Crippen LogP contribution in [0.2, 0.25) is 0 Å². The van der Waals surface area contributed by atoms with Crippen LogP contribution in [0.3, 0.4) is 0 Å². The van der Waals surface area contributed by atoms with E-state index >= 15 is 0 Å². The van der Waals surface area contributed by atoms with Crippen LogP contribution in [0.15, 0.2) is 30.6 Å². The van der Waals surface area contributed by atoms with Crippen LogP contribution in [0.25, 0.3) is 0 Å². The molecule has 0 radical (unpaired) electrons. The molecule has 7 heteroatoms. The molecule has 3 rings (SSSR count). The average molecular weight is 331 g/mol. The smallest absolute Gasteiger partial charge is 0.248 e. The SMILES string of the molecule is CN(C)C1CCN(c2ncnc(Oc3ccc(F)cc3)c2N)CC1. The molecule has 1 fully saturated rings. The van der Waals surface area contributed by atoms with E-state index in [1.54, 1.807) is 12.1 Å². The number of halogens is 1. The van der Waals surface area contributed by atoms with Crippen molar-refractivity contribution < 1.29 is 9.13 Å². The van der Waals surface area contributed by atoms with Gasteiger partial charge in [0.1, 0.15) is 23.6 Å². The molecule has 1 saturated heterocycles. The Morgan fingerprint density at radius 3 is 2.46 bits per heavy atom. The molecule has 0 spiro atoms. The summed E-state index contributed by atoms with van der Waals surface area (Å²) in [5.74, 6) is 1.15. The lowest BCUT2D eigenvalue weighted by Crippen LogP contribution is -2.42. The molecule has 0 saturated carbocycles. The number of hydrogen-bond acceptors (Lipinski definition) is 6. The van der Waals surface area contributed by atoms with E-state index in [9.17, 15) is 4.39 Å². The number of piperidine rings is 1. The summed E-state index contributed by atoms with van der Waals surface area (Å²) in [7, 11) is 4.21. The highest BCUT2D eigenvalue weighted by atomic mass is 19.1. The Hall–Kier alpha value is -2.41. The van der Waals surface area contributed by atoms with Gasteiger partial charge < -0.3 is 20.3 Å². The summed E-state index contributed by atoms with van der Waals surface area (Å²) in [5, 5.41) is 0. The zero-order valence-corrected chi connectivity index (χ0v) is 13.9. The minimum absolute atomic E-state index is 0.293. The first-order chi connectivity index (χ1) is 11.5. The number of benzene rings is 1. The van der Waals surface area contributed by atoms with Gasteiger partial charge in [-0.05, 0) is 51.2 Å². The second-order valence-corrected chi connectivity index (χ2v) is 6.15. The second kappa shape index (κ2) is 7.00. The maximum absolute atomic E-state index is 13.0. The normalized spacial score (nSPS) is 15.8. The van der Waals surface area contributed by atoms with Crippen molar-refractivity contribution in [2.45, 2.75) is 18.9 Å². The van der Waals surface area contributed by atoms with Crippen molar-refractivity contribution in [1.29, 1.82) is 0 Å². The van der Waals surface area contributed by atoms with Crippen molar-refractivity contribution in [2.75, 3.05) is 37.8 Å². The molecule has 128 valence electrons. The van der Waals surface area contributed by atoms with Crippen LogP contribution < -0.4 is 15.4 Å². The molecule has 1 aromatic heterocycles. The van der Waals surface area contributed by atoms with E-state index in [2.05, 4.69) is 33.9 Å². The molecule has 2 heterocycles. The van der Waals surface area contributed by atoms with Crippen molar-refractivity contribution in [3.63, 3.8) is 0 Å². The van der Waals surface area contributed by atoms with Crippen molar-refractivity contribution in [2.24, 2.45) is 0 Å². The Morgan fingerprint density at radius 2 is 1.83 bits per heavy atom. The molecule has 1 aliphatic rings. The summed E-state index contributed by atoms with van der Waals surface area (Å²) in [6, 6.07) is 6.33. The maximum Gasteiger partial charge on any atom is 0.248 e. The molecule has 0 aliphatic carbocycles. The minimum Gasteiger partial charge on any atom is -0.437 e. The second-order valence-electron chi connectivity index (χ2n) is 6.15. The van der Waals surface area contributed by atoms with Crippen LogP contribution in [0.5, 0.6) is 11.6 Å². The predicted molar refractivity (Wildman–Crippen MR) is 91.8 cm³/mol. The van der Waals surface area contributed by atoms with Crippen LogP contribution in [0.1, 0.15) is 12.8 Å². The van der Waals surface area contributed by atoms with E-state index in [0.717, 1.165) is 25.9 Å². The Kier molecular flexibility index (Phi) is 4.80. The molecule has 24 heavy (non-hydrogen) atoms. The largest absolute Gasteiger partial charge is 0.437 e. The molecule has 0 unspecified atom stereocenters. The number of nitrogen functional groups attached to an aromatic ring is 1. The lowest BCUT2D eigenvalue weighted by Gasteiger charge is -2.36. The number of nitrogens with two attached hydrogens (primary N) is 1. The van der Waals surface area contributed by atoms with Gasteiger partial charge in [-0.3, -0.25) is 0 Å². The minimum atomic E-state index is -0.317. The fraction of sp³-hybridized carbons (Fsp3) is 0.412. The van der Waals surface area contributed by atoms with Gasteiger partial charge in [-0.1, -0.05) is 0 Å². The van der Waals surface area contributed by atoms with E-state index in [1.807, 2.05) is 0 Å². The summed E-state index contributed by atoms with van der Waals surface area (Å²) in [4.78, 5) is 12.8. The first-order valence-electron chi connectivity index (χ1n) is 8.00. The Labute approximate surface area is 141 Å². The van der Waals surface area contributed by atoms with Gasteiger partial charge in [-0.25, -0.2) is 9.37 Å². The number of aromatic nitrogens is 2. The monoisotopic (exact) mass is 331 g/mol. The van der Waals surface area contributed by atoms with E-state index < -0.39 is 0 Å². The summed E-state index contributed by atoms with van der Waals surface area (Å²) in [5.41, 5.74) is 6.62. The topological polar surface area (TPSA) is 67.5 Å². The van der Waals surface area contributed by atoms with Gasteiger partial charge in [0, 0.05) is 19.1 Å². The molecule has 6 nitrogen and oxygen atoms in total. The molecular formula is C17H22FN5O. The average Bonchev–Trinajstić information content (AvgIpc) is 2.59. The fourth-order valence-corrected chi connectivity index (χ4v) is 2.91. The molecule has 2 N–H and O–H groups in total. The molecule has 1 aromatic carbocycles. The van der Waals surface area contributed by atoms with Gasteiger partial charge in [-0.15, -0.1) is 0 Å². The highest BCUT2D eigenvalue weighted by molar-refractivity contribution is 5.68. The van der Waals surface area contributed by atoms with Gasteiger partial charge in [-0.2, -0.15) is 4.98 Å². The standard InChI is InChI=1S/C17H22FN5O/c1-22(2)13-7-9-23(10-8-13)16-15(19)17(21-11-20-16)24-14-5-3-12(18)4-6-14/h3-6,11,13H,7-10,19H2,1-2H3. The fourth-order valence-electron chi connectivity index (χ4n) is 2.91. The number of nitrogens with zero attached hydrogens (tertiary/aromatic N) is 4. The third-order valence-corrected chi connectivity index (χ3v) is 4.35. The first kappa shape index (κ1) is 16.4. The first-order valence-corrected chi connectivity index (χ1v) is 8.00. The lowest BCUT2D eigenvalue weighted by atomic mass is 10.0. The Bertz CT molecular complexity index is 684. The van der Waals surface area contributed by atoms with Crippen LogP contribution in [0, 0.1) is 5.82 Å². The summed E-state index contributed by atoms with van der Waals surface area (Å²) >= 11 is 0. The van der Waals surface area contributed by atoms with Crippen LogP contribution in [0.4, 0.5) is 15.9 Å². The van der Waals surface area contributed by atoms with Crippen molar-refractivity contribution in [3.8, 4) is 11.6 Å². The lowest BCUT2D eigenvalue weighted by molar-refractivity contribution is 0.249. The van der Waals surface area contributed by atoms with Gasteiger partial charge in [0.05, 0.1) is 0 Å². The maximum atomic E-state index is 13.0. The highest BCUT2D eigenvalue weighted by Crippen LogP contribution is 2.32. The molecule has 0 bridgehead atoms. The molecule has 1 aliphatic heterocycles. The van der Waals surface area contributed by atoms with Crippen LogP contribution >= 0.6 is 0 Å². The number of hydrogen-bond donors (Lipinski definition) is 1. The van der Waals surface area contributed by atoms with Gasteiger partial charge in [0.15, 0.2) is 5.82 Å². The number of ether oxygens (including phenoxy) is 1. The molecular weight excluding hydrogens is 309 g/mol. The van der Waals surface area contributed by atoms with Gasteiger partial charge in [0.25, 0.3) is 0 Å². The Balaban J connectivity index is 1.75. The zero-order valence-electron chi connectivity index (χ0n) is 13.9. The third kappa shape index (κ3) is 3.56. The van der Waals surface area contributed by atoms with E-state index in [4.69, 9.17) is 10.5 Å². The van der Waals surface area contributed by atoms with Crippen LogP contribution in [-0.2, 0) is 0 Å². The van der Waals surface area contributed by atoms with Crippen molar-refractivity contribution >= 4 is 11.5 Å². The third-order valence-electron chi connectivity index (χ3n) is 4.35. The summed E-state index contributed by atoms with van der Waals surface area (Å²) in [6.45, 7) is 1.78. The van der Waals surface area contributed by atoms with Crippen LogP contribution in [-0.4, -0.2) is 48.1 Å². The van der Waals surface area contributed by atoms with Gasteiger partial charge >= 0.3 is 0 Å². The van der Waals surface area contributed by atoms with Crippen molar-refractivity contribution in [1.82, 2.24) is 14.9 Å². The van der Waals surface area contributed by atoms with Crippen molar-refractivity contribution in [3.05, 3.63) is 36.4 Å². The predicted octanol–water partition coefficient (Wildman–Crippen LogP) is 2.52. The zero-order chi connectivity index (χ0) is 17.1. The van der Waals surface area contributed by atoms with Gasteiger partial charge in [0.2, 0.25) is 5.88 Å². The molecule has 0 atom stereocenters. The summed E-state index contributed by atoms with van der Waals surface area (Å²) < 4.78 is 18.7. The van der Waals surface area contributed by atoms with E-state index in [0.29, 0.717) is 29.2 Å². The van der Waals surface area contributed by atoms with E-state index in [-0.39, 0.29) is 5.82 Å². The number of rotatable bonds is 4. The van der Waals surface area contributed by atoms with E-state index in [1.165, 1.54) is 18.5 Å². The quantitative estimate of drug-likeness (QED) is 0.928.